The topological polar surface area (TPSA) is 66.8 Å². The summed E-state index contributed by atoms with van der Waals surface area (Å²) in [4.78, 5) is 25.9. The molecular weight excluding hydrogens is 498 g/mol. The Morgan fingerprint density at radius 1 is 0.650 bits per heavy atom. The molecule has 0 saturated carbocycles. The third kappa shape index (κ3) is 28.2. The van der Waals surface area contributed by atoms with Crippen LogP contribution >= 0.6 is 0 Å². The van der Waals surface area contributed by atoms with E-state index in [1.165, 1.54) is 114 Å². The van der Waals surface area contributed by atoms with Crippen molar-refractivity contribution in [3.05, 3.63) is 12.2 Å². The third-order valence-corrected chi connectivity index (χ3v) is 7.77. The van der Waals surface area contributed by atoms with Crippen LogP contribution in [0.4, 0.5) is 0 Å². The van der Waals surface area contributed by atoms with Gasteiger partial charge in [-0.1, -0.05) is 142 Å². The second-order valence-corrected chi connectivity index (χ2v) is 11.9. The van der Waals surface area contributed by atoms with Gasteiger partial charge in [0.05, 0.1) is 6.10 Å². The number of hydrogen-bond donors (Lipinski definition) is 1. The summed E-state index contributed by atoms with van der Waals surface area (Å²) in [6.07, 6.45) is 33.8. The monoisotopic (exact) mass is 566 g/mol. The van der Waals surface area contributed by atoms with Gasteiger partial charge in [-0.25, -0.2) is 0 Å². The Morgan fingerprint density at radius 3 is 1.57 bits per heavy atom. The Kier molecular flexibility index (Phi) is 29.6. The number of likely N-dealkylation sites (N-methyl/N-ethyl adjacent to an activating group) is 1. The van der Waals surface area contributed by atoms with Gasteiger partial charge >= 0.3 is 5.97 Å². The number of rotatable bonds is 30. The predicted octanol–water partition coefficient (Wildman–Crippen LogP) is 9.70. The highest BCUT2D eigenvalue weighted by molar-refractivity contribution is 5.81. The Labute approximate surface area is 248 Å². The zero-order valence-corrected chi connectivity index (χ0v) is 26.9. The summed E-state index contributed by atoms with van der Waals surface area (Å²) >= 11 is 0. The highest BCUT2D eigenvalue weighted by Gasteiger charge is 2.15. The van der Waals surface area contributed by atoms with E-state index in [-0.39, 0.29) is 19.1 Å². The number of carbonyl (C=O) groups excluding carboxylic acids is 2. The largest absolute Gasteiger partial charge is 0.462 e. The van der Waals surface area contributed by atoms with Crippen LogP contribution in [0.2, 0.25) is 0 Å². The minimum Gasteiger partial charge on any atom is -0.462 e. The second-order valence-electron chi connectivity index (χ2n) is 11.9. The molecule has 40 heavy (non-hydrogen) atoms. The lowest BCUT2D eigenvalue weighted by Gasteiger charge is -2.17. The van der Waals surface area contributed by atoms with E-state index in [0.717, 1.165) is 38.5 Å². The first kappa shape index (κ1) is 38.6. The number of carbonyl (C=O) groups is 2. The van der Waals surface area contributed by atoms with Crippen molar-refractivity contribution in [2.24, 2.45) is 0 Å². The molecule has 5 heteroatoms. The lowest BCUT2D eigenvalue weighted by molar-refractivity contribution is -0.151. The summed E-state index contributed by atoms with van der Waals surface area (Å²) in [6, 6.07) is 0. The number of amides is 1. The van der Waals surface area contributed by atoms with Crippen LogP contribution in [0.25, 0.3) is 0 Å². The second kappa shape index (κ2) is 30.6. The summed E-state index contributed by atoms with van der Waals surface area (Å²) in [5, 5.41) is 10.1. The van der Waals surface area contributed by atoms with Crippen LogP contribution in [0.5, 0.6) is 0 Å². The molecule has 0 spiro atoms. The molecule has 1 N–H and O–H groups in total. The maximum absolute atomic E-state index is 12.3. The van der Waals surface area contributed by atoms with E-state index in [9.17, 15) is 14.7 Å². The zero-order valence-electron chi connectivity index (χ0n) is 26.9. The number of aliphatic hydroxyl groups excluding tert-OH is 1. The first-order valence-electron chi connectivity index (χ1n) is 17.2. The van der Waals surface area contributed by atoms with E-state index < -0.39 is 12.1 Å². The predicted molar refractivity (Wildman–Crippen MR) is 171 cm³/mol. The molecule has 0 aliphatic heterocycles. The zero-order chi connectivity index (χ0) is 29.5. The number of nitrogens with zero attached hydrogens (tertiary/aromatic N) is 1. The van der Waals surface area contributed by atoms with Crippen molar-refractivity contribution in [1.29, 1.82) is 0 Å². The van der Waals surface area contributed by atoms with Gasteiger partial charge in [-0.05, 0) is 38.5 Å². The number of esters is 1. The molecule has 1 unspecified atom stereocenters. The van der Waals surface area contributed by atoms with Gasteiger partial charge in [-0.15, -0.1) is 0 Å². The van der Waals surface area contributed by atoms with Crippen LogP contribution in [0.3, 0.4) is 0 Å². The number of aliphatic hydroxyl groups is 1. The van der Waals surface area contributed by atoms with Crippen molar-refractivity contribution in [3.8, 4) is 0 Å². The van der Waals surface area contributed by atoms with Gasteiger partial charge in [0, 0.05) is 13.5 Å². The molecule has 0 aliphatic rings. The van der Waals surface area contributed by atoms with Crippen LogP contribution in [0.1, 0.15) is 174 Å². The molecule has 0 fully saturated rings. The van der Waals surface area contributed by atoms with Crippen LogP contribution in [0.15, 0.2) is 12.2 Å². The molecule has 0 saturated heterocycles. The van der Waals surface area contributed by atoms with Crippen LogP contribution < -0.4 is 0 Å². The molecule has 0 radical (unpaired) electrons. The molecule has 236 valence electrons. The average Bonchev–Trinajstić information content (AvgIpc) is 2.94. The fraction of sp³-hybridized carbons (Fsp3) is 0.886. The Hall–Kier alpha value is -1.36. The molecule has 5 nitrogen and oxygen atoms in total. The molecule has 1 atom stereocenters. The van der Waals surface area contributed by atoms with Gasteiger partial charge in [-0.3, -0.25) is 9.59 Å². The minimum atomic E-state index is -0.616. The quantitative estimate of drug-likeness (QED) is 0.0535. The van der Waals surface area contributed by atoms with E-state index in [0.29, 0.717) is 12.8 Å². The van der Waals surface area contributed by atoms with E-state index >= 15 is 0 Å². The fourth-order valence-corrected chi connectivity index (χ4v) is 5.01. The van der Waals surface area contributed by atoms with Crippen molar-refractivity contribution in [2.75, 3.05) is 20.2 Å². The van der Waals surface area contributed by atoms with Crippen LogP contribution in [0, 0.1) is 0 Å². The van der Waals surface area contributed by atoms with Crippen molar-refractivity contribution in [2.45, 2.75) is 180 Å². The lowest BCUT2D eigenvalue weighted by atomic mass is 10.0. The highest BCUT2D eigenvalue weighted by Crippen LogP contribution is 2.13. The summed E-state index contributed by atoms with van der Waals surface area (Å²) in [5.74, 6) is -0.456. The Balaban J connectivity index is 3.58. The van der Waals surface area contributed by atoms with Gasteiger partial charge in [0.15, 0.2) is 0 Å². The van der Waals surface area contributed by atoms with Crippen molar-refractivity contribution in [1.82, 2.24) is 4.90 Å². The van der Waals surface area contributed by atoms with E-state index in [2.05, 4.69) is 26.0 Å². The van der Waals surface area contributed by atoms with Crippen molar-refractivity contribution in [3.63, 3.8) is 0 Å². The molecule has 0 bridgehead atoms. The summed E-state index contributed by atoms with van der Waals surface area (Å²) in [6.45, 7) is 4.48. The molecular formula is C35H67NO4. The molecule has 0 aromatic rings. The Morgan fingerprint density at radius 2 is 1.07 bits per heavy atom. The van der Waals surface area contributed by atoms with Crippen LogP contribution in [-0.4, -0.2) is 48.2 Å². The molecule has 0 aromatic heterocycles. The molecule has 0 aliphatic carbocycles. The Bertz CT molecular complexity index is 592. The van der Waals surface area contributed by atoms with Gasteiger partial charge < -0.3 is 14.7 Å². The summed E-state index contributed by atoms with van der Waals surface area (Å²) < 4.78 is 5.21. The molecule has 0 rings (SSSR count). The number of unbranched alkanes of at least 4 members (excludes halogenated alkanes) is 20. The van der Waals surface area contributed by atoms with Gasteiger partial charge in [-0.2, -0.15) is 0 Å². The van der Waals surface area contributed by atoms with Crippen molar-refractivity contribution >= 4 is 11.9 Å². The molecule has 1 amide bonds. The average molecular weight is 566 g/mol. The third-order valence-electron chi connectivity index (χ3n) is 7.77. The normalized spacial score (nSPS) is 12.2. The van der Waals surface area contributed by atoms with Gasteiger partial charge in [0.2, 0.25) is 5.91 Å². The fourth-order valence-electron chi connectivity index (χ4n) is 5.01. The van der Waals surface area contributed by atoms with E-state index in [4.69, 9.17) is 4.74 Å². The maximum atomic E-state index is 12.3. The highest BCUT2D eigenvalue weighted by atomic mass is 16.5. The maximum Gasteiger partial charge on any atom is 0.325 e. The summed E-state index contributed by atoms with van der Waals surface area (Å²) in [7, 11) is 1.65. The SMILES string of the molecule is CCCCCCCCC=CCCCCCCCC(=O)N(C)CC(=O)OCC(O)CCCCCCCCCCCC. The van der Waals surface area contributed by atoms with Crippen molar-refractivity contribution < 1.29 is 19.4 Å². The molecule has 0 aromatic carbocycles. The van der Waals surface area contributed by atoms with Gasteiger partial charge in [0.25, 0.3) is 0 Å². The number of ether oxygens (including phenoxy) is 1. The first-order valence-corrected chi connectivity index (χ1v) is 17.2. The number of allylic oxidation sites excluding steroid dienone is 2. The minimum absolute atomic E-state index is 0.0134. The van der Waals surface area contributed by atoms with E-state index in [1.807, 2.05) is 0 Å². The van der Waals surface area contributed by atoms with E-state index in [1.54, 1.807) is 7.05 Å². The molecule has 0 heterocycles. The lowest BCUT2D eigenvalue weighted by Crippen LogP contribution is -2.34. The summed E-state index contributed by atoms with van der Waals surface area (Å²) in [5.41, 5.74) is 0. The van der Waals surface area contributed by atoms with Crippen LogP contribution in [-0.2, 0) is 14.3 Å². The first-order chi connectivity index (χ1) is 19.5. The standard InChI is InChI=1S/C35H67NO4/c1-4-6-8-10-12-14-16-17-18-19-20-22-24-26-28-30-34(38)36(3)31-35(39)40-32-33(37)29-27-25-23-21-15-13-11-9-7-5-2/h17-18,33,37H,4-16,19-32H2,1-3H3. The number of hydrogen-bond acceptors (Lipinski definition) is 4. The van der Waals surface area contributed by atoms with Gasteiger partial charge in [0.1, 0.15) is 13.2 Å². The smallest absolute Gasteiger partial charge is 0.325 e.